The summed E-state index contributed by atoms with van der Waals surface area (Å²) in [7, 11) is 0. The van der Waals surface area contributed by atoms with E-state index < -0.39 is 0 Å². The zero-order chi connectivity index (χ0) is 13.1. The number of aryl methyl sites for hydroxylation is 2. The predicted octanol–water partition coefficient (Wildman–Crippen LogP) is 3.41. The van der Waals surface area contributed by atoms with Crippen LogP contribution < -0.4 is 5.32 Å². The molecule has 0 fully saturated rings. The molecule has 17 heavy (non-hydrogen) atoms. The van der Waals surface area contributed by atoms with E-state index in [1.54, 1.807) is 11.8 Å². The van der Waals surface area contributed by atoms with Gasteiger partial charge >= 0.3 is 0 Å². The van der Waals surface area contributed by atoms with Crippen molar-refractivity contribution >= 4 is 11.8 Å². The minimum Gasteiger partial charge on any atom is -0.437 e. The van der Waals surface area contributed by atoms with E-state index in [1.165, 1.54) is 0 Å². The SMILES string of the molecule is CCNC(CSc1nc(C)c(C)o1)C(C)(C)C. The normalized spacial score (nSPS) is 14.0. The first kappa shape index (κ1) is 14.6. The Hall–Kier alpha value is -0.480. The third-order valence-electron chi connectivity index (χ3n) is 2.88. The molecule has 1 unspecified atom stereocenters. The summed E-state index contributed by atoms with van der Waals surface area (Å²) in [5.74, 6) is 1.90. The minimum atomic E-state index is 0.250. The number of oxazole rings is 1. The molecule has 1 aromatic rings. The van der Waals surface area contributed by atoms with Crippen molar-refractivity contribution in [2.24, 2.45) is 5.41 Å². The van der Waals surface area contributed by atoms with Gasteiger partial charge in [0.1, 0.15) is 5.76 Å². The predicted molar refractivity (Wildman–Crippen MR) is 73.6 cm³/mol. The largest absolute Gasteiger partial charge is 0.437 e. The van der Waals surface area contributed by atoms with Gasteiger partial charge in [-0.05, 0) is 25.8 Å². The van der Waals surface area contributed by atoms with Gasteiger partial charge in [0.15, 0.2) is 0 Å². The highest BCUT2D eigenvalue weighted by atomic mass is 32.2. The molecule has 1 atom stereocenters. The van der Waals surface area contributed by atoms with Gasteiger partial charge in [-0.1, -0.05) is 39.5 Å². The van der Waals surface area contributed by atoms with Crippen molar-refractivity contribution < 1.29 is 4.42 Å². The first-order chi connectivity index (χ1) is 7.84. The smallest absolute Gasteiger partial charge is 0.256 e. The average Bonchev–Trinajstić information content (AvgIpc) is 2.51. The number of aromatic nitrogens is 1. The van der Waals surface area contributed by atoms with E-state index in [0.29, 0.717) is 6.04 Å². The molecular formula is C13H24N2OS. The molecule has 1 heterocycles. The van der Waals surface area contributed by atoms with Crippen LogP contribution in [0.1, 0.15) is 39.1 Å². The van der Waals surface area contributed by atoms with Crippen LogP contribution in [0.4, 0.5) is 0 Å². The quantitative estimate of drug-likeness (QED) is 0.819. The molecule has 1 aromatic heterocycles. The van der Waals surface area contributed by atoms with Gasteiger partial charge in [-0.15, -0.1) is 0 Å². The van der Waals surface area contributed by atoms with Crippen molar-refractivity contribution in [1.29, 1.82) is 0 Å². The minimum absolute atomic E-state index is 0.250. The first-order valence-electron chi connectivity index (χ1n) is 6.14. The van der Waals surface area contributed by atoms with E-state index in [4.69, 9.17) is 4.42 Å². The molecule has 1 rings (SSSR count). The van der Waals surface area contributed by atoms with Gasteiger partial charge in [0.2, 0.25) is 0 Å². The van der Waals surface area contributed by atoms with E-state index in [9.17, 15) is 0 Å². The molecule has 1 N–H and O–H groups in total. The van der Waals surface area contributed by atoms with E-state index in [0.717, 1.165) is 29.0 Å². The lowest BCUT2D eigenvalue weighted by Gasteiger charge is -2.30. The standard InChI is InChI=1S/C13H24N2OS/c1-7-14-11(13(4,5)6)8-17-12-15-9(2)10(3)16-12/h11,14H,7-8H2,1-6H3. The summed E-state index contributed by atoms with van der Waals surface area (Å²) >= 11 is 1.69. The Morgan fingerprint density at radius 2 is 2.00 bits per heavy atom. The maximum absolute atomic E-state index is 5.58. The molecule has 0 radical (unpaired) electrons. The highest BCUT2D eigenvalue weighted by Crippen LogP contribution is 2.27. The molecule has 0 bridgehead atoms. The molecule has 0 spiro atoms. The van der Waals surface area contributed by atoms with Crippen LogP contribution >= 0.6 is 11.8 Å². The fourth-order valence-corrected chi connectivity index (χ4v) is 2.83. The second-order valence-corrected chi connectivity index (χ2v) is 6.38. The van der Waals surface area contributed by atoms with Crippen molar-refractivity contribution in [3.05, 3.63) is 11.5 Å². The number of thioether (sulfide) groups is 1. The Morgan fingerprint density at radius 3 is 2.41 bits per heavy atom. The van der Waals surface area contributed by atoms with Crippen LogP contribution in [0.25, 0.3) is 0 Å². The molecular weight excluding hydrogens is 232 g/mol. The summed E-state index contributed by atoms with van der Waals surface area (Å²) in [5, 5.41) is 4.31. The summed E-state index contributed by atoms with van der Waals surface area (Å²) in [4.78, 5) is 4.39. The molecule has 0 aliphatic rings. The van der Waals surface area contributed by atoms with Crippen LogP contribution in [0.3, 0.4) is 0 Å². The van der Waals surface area contributed by atoms with Gasteiger partial charge in [-0.25, -0.2) is 4.98 Å². The topological polar surface area (TPSA) is 38.1 Å². The fourth-order valence-electron chi connectivity index (χ4n) is 1.52. The van der Waals surface area contributed by atoms with Crippen molar-refractivity contribution in [3.63, 3.8) is 0 Å². The van der Waals surface area contributed by atoms with E-state index in [-0.39, 0.29) is 5.41 Å². The lowest BCUT2D eigenvalue weighted by atomic mass is 9.88. The fraction of sp³-hybridized carbons (Fsp3) is 0.769. The lowest BCUT2D eigenvalue weighted by molar-refractivity contribution is 0.294. The second-order valence-electron chi connectivity index (χ2n) is 5.41. The molecule has 98 valence electrons. The van der Waals surface area contributed by atoms with Crippen molar-refractivity contribution in [1.82, 2.24) is 10.3 Å². The Bertz CT molecular complexity index is 335. The van der Waals surface area contributed by atoms with Gasteiger partial charge in [0.05, 0.1) is 5.69 Å². The third kappa shape index (κ3) is 4.36. The maximum Gasteiger partial charge on any atom is 0.256 e. The molecule has 0 amide bonds. The number of rotatable bonds is 5. The third-order valence-corrected chi connectivity index (χ3v) is 3.80. The van der Waals surface area contributed by atoms with Gasteiger partial charge in [-0.3, -0.25) is 0 Å². The van der Waals surface area contributed by atoms with Crippen LogP contribution in [0, 0.1) is 19.3 Å². The Labute approximate surface area is 109 Å². The van der Waals surface area contributed by atoms with Crippen LogP contribution in [0.2, 0.25) is 0 Å². The first-order valence-corrected chi connectivity index (χ1v) is 7.13. The van der Waals surface area contributed by atoms with Gasteiger partial charge in [0, 0.05) is 11.8 Å². The summed E-state index contributed by atoms with van der Waals surface area (Å²) < 4.78 is 5.58. The zero-order valence-corrected chi connectivity index (χ0v) is 12.6. The van der Waals surface area contributed by atoms with Gasteiger partial charge in [0.25, 0.3) is 5.22 Å². The maximum atomic E-state index is 5.58. The molecule has 4 heteroatoms. The summed E-state index contributed by atoms with van der Waals surface area (Å²) in [6.45, 7) is 13.8. The average molecular weight is 256 g/mol. The van der Waals surface area contributed by atoms with Crippen LogP contribution in [0.15, 0.2) is 9.64 Å². The molecule has 0 aromatic carbocycles. The van der Waals surface area contributed by atoms with Crippen LogP contribution in [0.5, 0.6) is 0 Å². The highest BCUT2D eigenvalue weighted by Gasteiger charge is 2.24. The summed E-state index contributed by atoms with van der Waals surface area (Å²) in [6, 6.07) is 0.463. The number of hydrogen-bond acceptors (Lipinski definition) is 4. The second kappa shape index (κ2) is 5.91. The molecule has 0 saturated carbocycles. The summed E-state index contributed by atoms with van der Waals surface area (Å²) in [5.41, 5.74) is 1.24. The van der Waals surface area contributed by atoms with Crippen molar-refractivity contribution in [2.75, 3.05) is 12.3 Å². The molecule has 3 nitrogen and oxygen atoms in total. The Kier molecular flexibility index (Phi) is 5.07. The van der Waals surface area contributed by atoms with Crippen molar-refractivity contribution in [2.45, 2.75) is 52.8 Å². The van der Waals surface area contributed by atoms with Crippen LogP contribution in [-0.2, 0) is 0 Å². The van der Waals surface area contributed by atoms with Crippen LogP contribution in [-0.4, -0.2) is 23.3 Å². The Balaban J connectivity index is 2.57. The number of hydrogen-bond donors (Lipinski definition) is 1. The van der Waals surface area contributed by atoms with E-state index in [2.05, 4.69) is 38.0 Å². The van der Waals surface area contributed by atoms with Crippen molar-refractivity contribution in [3.8, 4) is 0 Å². The Morgan fingerprint density at radius 1 is 1.35 bits per heavy atom. The van der Waals surface area contributed by atoms with Gasteiger partial charge in [-0.2, -0.15) is 0 Å². The van der Waals surface area contributed by atoms with Gasteiger partial charge < -0.3 is 9.73 Å². The highest BCUT2D eigenvalue weighted by molar-refractivity contribution is 7.99. The monoisotopic (exact) mass is 256 g/mol. The van der Waals surface area contributed by atoms with E-state index in [1.807, 2.05) is 13.8 Å². The molecule has 0 saturated heterocycles. The number of nitrogens with zero attached hydrogens (tertiary/aromatic N) is 1. The lowest BCUT2D eigenvalue weighted by Crippen LogP contribution is -2.42. The van der Waals surface area contributed by atoms with E-state index >= 15 is 0 Å². The molecule has 0 aliphatic heterocycles. The molecule has 0 aliphatic carbocycles. The zero-order valence-electron chi connectivity index (χ0n) is 11.8. The number of nitrogens with one attached hydrogen (secondary N) is 1. The summed E-state index contributed by atoms with van der Waals surface area (Å²) in [6.07, 6.45) is 0.